The van der Waals surface area contributed by atoms with E-state index in [1.165, 1.54) is 17.1 Å². The van der Waals surface area contributed by atoms with Crippen LogP contribution in [0.5, 0.6) is 5.75 Å². The molecular formula is C26H32ClF4N3O. The fraction of sp³-hybridized carbons (Fsp3) is 0.500. The standard InChI is InChI=1S/C24H26ClF4N3O.C2H6/c1-3-21-15(2)23(24(27,28)29)30-32(21)17-5-7-18(8-6-17)33-19-10-12-31(13-11-19)22-14-16(26)4-9-20(22)25;1-2/h4-9,14-15,19,21H,3,10-13H2,1-2H3;1-2H3/t15?,21-;/m0./s1. The van der Waals surface area contributed by atoms with Crippen LogP contribution in [0.4, 0.5) is 28.9 Å². The van der Waals surface area contributed by atoms with Gasteiger partial charge in [0.1, 0.15) is 23.4 Å². The van der Waals surface area contributed by atoms with Gasteiger partial charge >= 0.3 is 6.18 Å². The van der Waals surface area contributed by atoms with Crippen LogP contribution in [0.2, 0.25) is 5.02 Å². The lowest BCUT2D eigenvalue weighted by Gasteiger charge is -2.34. The molecule has 35 heavy (non-hydrogen) atoms. The number of ether oxygens (including phenoxy) is 1. The lowest BCUT2D eigenvalue weighted by molar-refractivity contribution is -0.0620. The summed E-state index contributed by atoms with van der Waals surface area (Å²) < 4.78 is 59.6. The minimum Gasteiger partial charge on any atom is -0.490 e. The molecule has 0 radical (unpaired) electrons. The first-order chi connectivity index (χ1) is 16.7. The first-order valence-corrected chi connectivity index (χ1v) is 12.5. The van der Waals surface area contributed by atoms with Crippen LogP contribution in [0.1, 0.15) is 47.0 Å². The number of hydrogen-bond donors (Lipinski definition) is 0. The Morgan fingerprint density at radius 1 is 1.06 bits per heavy atom. The van der Waals surface area contributed by atoms with Crippen LogP contribution in [0.3, 0.4) is 0 Å². The molecular weight excluding hydrogens is 482 g/mol. The average molecular weight is 514 g/mol. The van der Waals surface area contributed by atoms with Gasteiger partial charge in [0.15, 0.2) is 0 Å². The Bertz CT molecular complexity index is 1000. The second kappa shape index (κ2) is 11.5. The van der Waals surface area contributed by atoms with Crippen LogP contribution >= 0.6 is 11.6 Å². The van der Waals surface area contributed by atoms with E-state index in [1.807, 2.05) is 25.7 Å². The van der Waals surface area contributed by atoms with Gasteiger partial charge in [-0.25, -0.2) is 4.39 Å². The first kappa shape index (κ1) is 27.1. The third-order valence-corrected chi connectivity index (χ3v) is 6.66. The molecule has 0 saturated carbocycles. The monoisotopic (exact) mass is 513 g/mol. The van der Waals surface area contributed by atoms with E-state index in [4.69, 9.17) is 16.3 Å². The van der Waals surface area contributed by atoms with Crippen LogP contribution in [0.25, 0.3) is 0 Å². The van der Waals surface area contributed by atoms with Crippen molar-refractivity contribution in [1.82, 2.24) is 0 Å². The second-order valence-corrected chi connectivity index (χ2v) is 8.89. The highest BCUT2D eigenvalue weighted by Crippen LogP contribution is 2.37. The number of nitrogens with zero attached hydrogens (tertiary/aromatic N) is 3. The molecule has 4 rings (SSSR count). The average Bonchev–Trinajstić information content (AvgIpc) is 3.19. The summed E-state index contributed by atoms with van der Waals surface area (Å²) in [7, 11) is 0. The molecule has 1 saturated heterocycles. The summed E-state index contributed by atoms with van der Waals surface area (Å²) in [5, 5.41) is 5.89. The summed E-state index contributed by atoms with van der Waals surface area (Å²) in [5.41, 5.74) is 0.555. The van der Waals surface area contributed by atoms with Crippen molar-refractivity contribution in [2.75, 3.05) is 23.0 Å². The maximum absolute atomic E-state index is 13.6. The molecule has 4 nitrogen and oxygen atoms in total. The summed E-state index contributed by atoms with van der Waals surface area (Å²) in [4.78, 5) is 2.05. The molecule has 0 amide bonds. The van der Waals surface area contributed by atoms with Gasteiger partial charge in [-0.3, -0.25) is 5.01 Å². The summed E-state index contributed by atoms with van der Waals surface area (Å²) in [6.07, 6.45) is -2.40. The highest BCUT2D eigenvalue weighted by molar-refractivity contribution is 6.33. The molecule has 0 aromatic heterocycles. The minimum atomic E-state index is -4.44. The summed E-state index contributed by atoms with van der Waals surface area (Å²) in [6.45, 7) is 8.81. The van der Waals surface area contributed by atoms with E-state index in [1.54, 1.807) is 37.3 Å². The van der Waals surface area contributed by atoms with Crippen molar-refractivity contribution in [3.8, 4) is 5.75 Å². The first-order valence-electron chi connectivity index (χ1n) is 12.1. The van der Waals surface area contributed by atoms with E-state index in [9.17, 15) is 17.6 Å². The zero-order chi connectivity index (χ0) is 25.8. The van der Waals surface area contributed by atoms with Crippen LogP contribution in [-0.4, -0.2) is 37.1 Å². The maximum Gasteiger partial charge on any atom is 0.431 e. The molecule has 2 atom stereocenters. The highest BCUT2D eigenvalue weighted by Gasteiger charge is 2.47. The molecule has 0 spiro atoms. The third kappa shape index (κ3) is 6.21. The number of hydrazone groups is 1. The largest absolute Gasteiger partial charge is 0.490 e. The molecule has 9 heteroatoms. The van der Waals surface area contributed by atoms with Crippen molar-refractivity contribution in [2.24, 2.45) is 11.0 Å². The van der Waals surface area contributed by atoms with Crippen LogP contribution in [0, 0.1) is 11.7 Å². The van der Waals surface area contributed by atoms with E-state index in [0.29, 0.717) is 41.7 Å². The van der Waals surface area contributed by atoms with Crippen molar-refractivity contribution >= 4 is 28.7 Å². The summed E-state index contributed by atoms with van der Waals surface area (Å²) in [6, 6.07) is 11.0. The Hall–Kier alpha value is -2.48. The van der Waals surface area contributed by atoms with Gasteiger partial charge in [-0.15, -0.1) is 0 Å². The number of hydrogen-bond acceptors (Lipinski definition) is 4. The fourth-order valence-corrected chi connectivity index (χ4v) is 4.82. The quantitative estimate of drug-likeness (QED) is 0.383. The Morgan fingerprint density at radius 2 is 1.69 bits per heavy atom. The molecule has 1 unspecified atom stereocenters. The van der Waals surface area contributed by atoms with E-state index in [2.05, 4.69) is 5.10 Å². The number of rotatable bonds is 5. The molecule has 0 aliphatic carbocycles. The van der Waals surface area contributed by atoms with Gasteiger partial charge in [0, 0.05) is 31.8 Å². The second-order valence-electron chi connectivity index (χ2n) is 8.49. The Morgan fingerprint density at radius 3 is 2.26 bits per heavy atom. The zero-order valence-electron chi connectivity index (χ0n) is 20.4. The third-order valence-electron chi connectivity index (χ3n) is 6.34. The van der Waals surface area contributed by atoms with Crippen molar-refractivity contribution in [3.63, 3.8) is 0 Å². The maximum atomic E-state index is 13.6. The SMILES string of the molecule is CC.CC[C@H]1C(C)C(C(F)(F)F)=NN1c1ccc(OC2CCN(c3cc(F)ccc3Cl)CC2)cc1. The van der Waals surface area contributed by atoms with E-state index < -0.39 is 17.8 Å². The van der Waals surface area contributed by atoms with Crippen molar-refractivity contribution in [2.45, 2.75) is 65.3 Å². The van der Waals surface area contributed by atoms with Crippen molar-refractivity contribution in [3.05, 3.63) is 53.3 Å². The highest BCUT2D eigenvalue weighted by atomic mass is 35.5. The normalized spacial score (nSPS) is 20.9. The predicted octanol–water partition coefficient (Wildman–Crippen LogP) is 7.71. The molecule has 0 N–H and O–H groups in total. The van der Waals surface area contributed by atoms with Gasteiger partial charge < -0.3 is 9.64 Å². The molecule has 2 aromatic rings. The van der Waals surface area contributed by atoms with E-state index >= 15 is 0 Å². The van der Waals surface area contributed by atoms with E-state index in [-0.39, 0.29) is 18.0 Å². The molecule has 2 aliphatic rings. The molecule has 192 valence electrons. The lowest BCUT2D eigenvalue weighted by atomic mass is 9.95. The Labute approximate surface area is 209 Å². The number of halogens is 5. The van der Waals surface area contributed by atoms with Gasteiger partial charge in [-0.1, -0.05) is 39.3 Å². The van der Waals surface area contributed by atoms with Crippen molar-refractivity contribution < 1.29 is 22.3 Å². The smallest absolute Gasteiger partial charge is 0.431 e. The van der Waals surface area contributed by atoms with Crippen molar-refractivity contribution in [1.29, 1.82) is 0 Å². The molecule has 1 fully saturated rings. The van der Waals surface area contributed by atoms with Crippen LogP contribution in [0.15, 0.2) is 47.6 Å². The van der Waals surface area contributed by atoms with E-state index in [0.717, 1.165) is 12.8 Å². The molecule has 0 bridgehead atoms. The van der Waals surface area contributed by atoms with Crippen LogP contribution < -0.4 is 14.6 Å². The topological polar surface area (TPSA) is 28.1 Å². The number of benzene rings is 2. The Kier molecular flexibility index (Phi) is 8.91. The van der Waals surface area contributed by atoms with Gasteiger partial charge in [-0.2, -0.15) is 18.3 Å². The van der Waals surface area contributed by atoms with Gasteiger partial charge in [-0.05, 0) is 48.9 Å². The summed E-state index contributed by atoms with van der Waals surface area (Å²) >= 11 is 6.21. The van der Waals surface area contributed by atoms with Gasteiger partial charge in [0.2, 0.25) is 0 Å². The lowest BCUT2D eigenvalue weighted by Crippen LogP contribution is -2.38. The molecule has 2 aromatic carbocycles. The van der Waals surface area contributed by atoms with Gasteiger partial charge in [0.05, 0.1) is 22.4 Å². The predicted molar refractivity (Wildman–Crippen MR) is 134 cm³/mol. The number of piperidine rings is 1. The molecule has 2 heterocycles. The minimum absolute atomic E-state index is 0.00973. The number of alkyl halides is 3. The summed E-state index contributed by atoms with van der Waals surface area (Å²) in [5.74, 6) is -0.360. The fourth-order valence-electron chi connectivity index (χ4n) is 4.58. The Balaban J connectivity index is 0.00000167. The number of anilines is 2. The van der Waals surface area contributed by atoms with Crippen LogP contribution in [-0.2, 0) is 0 Å². The zero-order valence-corrected chi connectivity index (χ0v) is 21.2. The molecule has 2 aliphatic heterocycles. The van der Waals surface area contributed by atoms with Gasteiger partial charge in [0.25, 0.3) is 0 Å².